The fraction of sp³-hybridized carbons (Fsp3) is 0.333. The molecule has 0 bridgehead atoms. The molecular formula is C15H15FN2O2. The summed E-state index contributed by atoms with van der Waals surface area (Å²) in [5.41, 5.74) is 1.60. The summed E-state index contributed by atoms with van der Waals surface area (Å²) in [5.74, 6) is -1.31. The first-order valence-corrected chi connectivity index (χ1v) is 6.62. The number of fused-ring (bicyclic) bond motifs is 1. The molecule has 1 aliphatic rings. The van der Waals surface area contributed by atoms with Crippen molar-refractivity contribution < 1.29 is 14.3 Å². The van der Waals surface area contributed by atoms with Gasteiger partial charge in [0.2, 0.25) is 0 Å². The molecule has 0 amide bonds. The molecule has 0 aliphatic carbocycles. The zero-order chi connectivity index (χ0) is 14.1. The monoisotopic (exact) mass is 274 g/mol. The van der Waals surface area contributed by atoms with Crippen molar-refractivity contribution in [2.75, 3.05) is 13.1 Å². The zero-order valence-corrected chi connectivity index (χ0v) is 10.9. The van der Waals surface area contributed by atoms with Gasteiger partial charge in [0.05, 0.1) is 11.4 Å². The van der Waals surface area contributed by atoms with Crippen molar-refractivity contribution in [1.82, 2.24) is 9.88 Å². The van der Waals surface area contributed by atoms with Crippen LogP contribution in [0.15, 0.2) is 30.5 Å². The van der Waals surface area contributed by atoms with E-state index in [-0.39, 0.29) is 11.7 Å². The van der Waals surface area contributed by atoms with Gasteiger partial charge in [0.15, 0.2) is 0 Å². The number of benzene rings is 1. The Kier molecular flexibility index (Phi) is 3.36. The molecule has 1 saturated heterocycles. The lowest BCUT2D eigenvalue weighted by Crippen LogP contribution is -2.23. The number of likely N-dealkylation sites (tertiary alicyclic amines) is 1. The molecule has 20 heavy (non-hydrogen) atoms. The van der Waals surface area contributed by atoms with Crippen LogP contribution in [0.5, 0.6) is 0 Å². The fourth-order valence-corrected chi connectivity index (χ4v) is 2.74. The van der Waals surface area contributed by atoms with Crippen molar-refractivity contribution in [3.63, 3.8) is 0 Å². The van der Waals surface area contributed by atoms with Crippen LogP contribution in [0.3, 0.4) is 0 Å². The molecule has 2 heterocycles. The second kappa shape index (κ2) is 5.17. The topological polar surface area (TPSA) is 53.4 Å². The third kappa shape index (κ3) is 2.36. The van der Waals surface area contributed by atoms with Crippen molar-refractivity contribution in [2.24, 2.45) is 5.92 Å². The van der Waals surface area contributed by atoms with Gasteiger partial charge in [-0.25, -0.2) is 4.39 Å². The lowest BCUT2D eigenvalue weighted by molar-refractivity contribution is -0.141. The second-order valence-corrected chi connectivity index (χ2v) is 5.17. The number of nitrogens with zero attached hydrogens (tertiary/aromatic N) is 2. The lowest BCUT2D eigenvalue weighted by atomic mass is 10.1. The highest BCUT2D eigenvalue weighted by Crippen LogP contribution is 2.24. The third-order valence-electron chi connectivity index (χ3n) is 3.82. The van der Waals surface area contributed by atoms with Crippen LogP contribution in [0.25, 0.3) is 10.9 Å². The van der Waals surface area contributed by atoms with Gasteiger partial charge >= 0.3 is 5.97 Å². The molecule has 1 fully saturated rings. The van der Waals surface area contributed by atoms with Gasteiger partial charge in [-0.3, -0.25) is 14.7 Å². The summed E-state index contributed by atoms with van der Waals surface area (Å²) in [6, 6.07) is 6.61. The largest absolute Gasteiger partial charge is 0.481 e. The molecule has 104 valence electrons. The Morgan fingerprint density at radius 1 is 1.45 bits per heavy atom. The molecule has 0 spiro atoms. The van der Waals surface area contributed by atoms with E-state index >= 15 is 0 Å². The third-order valence-corrected chi connectivity index (χ3v) is 3.82. The first-order valence-electron chi connectivity index (χ1n) is 6.62. The molecule has 2 aromatic rings. The molecular weight excluding hydrogens is 259 g/mol. The standard InChI is InChI=1S/C15H15FN2O2/c16-13-4-3-10(14-12(13)2-1-6-17-14)8-18-7-5-11(9-18)15(19)20/h1-4,6,11H,5,7-9H2,(H,19,20). The van der Waals surface area contributed by atoms with Gasteiger partial charge in [-0.2, -0.15) is 0 Å². The van der Waals surface area contributed by atoms with Crippen LogP contribution in [-0.2, 0) is 11.3 Å². The molecule has 3 rings (SSSR count). The molecule has 1 atom stereocenters. The number of halogens is 1. The number of carboxylic acids is 1. The Bertz CT molecular complexity index is 659. The van der Waals surface area contributed by atoms with Crippen LogP contribution in [-0.4, -0.2) is 34.0 Å². The van der Waals surface area contributed by atoms with Crippen molar-refractivity contribution in [1.29, 1.82) is 0 Å². The van der Waals surface area contributed by atoms with Crippen LogP contribution >= 0.6 is 0 Å². The average molecular weight is 274 g/mol. The predicted octanol–water partition coefficient (Wildman–Crippen LogP) is 2.28. The Labute approximate surface area is 115 Å². The molecule has 1 N–H and O–H groups in total. The molecule has 1 unspecified atom stereocenters. The predicted molar refractivity (Wildman–Crippen MR) is 72.7 cm³/mol. The molecule has 1 aromatic heterocycles. The van der Waals surface area contributed by atoms with Gasteiger partial charge in [-0.1, -0.05) is 6.07 Å². The molecule has 1 aromatic carbocycles. The van der Waals surface area contributed by atoms with Gasteiger partial charge in [0.1, 0.15) is 5.82 Å². The number of carboxylic acid groups (broad SMARTS) is 1. The number of hydrogen-bond acceptors (Lipinski definition) is 3. The van der Waals surface area contributed by atoms with E-state index in [1.165, 1.54) is 6.07 Å². The summed E-state index contributed by atoms with van der Waals surface area (Å²) < 4.78 is 13.7. The second-order valence-electron chi connectivity index (χ2n) is 5.17. The number of rotatable bonds is 3. The van der Waals surface area contributed by atoms with E-state index < -0.39 is 5.97 Å². The van der Waals surface area contributed by atoms with Gasteiger partial charge < -0.3 is 5.11 Å². The number of aliphatic carboxylic acids is 1. The van der Waals surface area contributed by atoms with E-state index in [0.29, 0.717) is 30.4 Å². The van der Waals surface area contributed by atoms with Crippen LogP contribution < -0.4 is 0 Å². The number of hydrogen-bond donors (Lipinski definition) is 1. The summed E-state index contributed by atoms with van der Waals surface area (Å²) in [6.45, 7) is 1.90. The summed E-state index contributed by atoms with van der Waals surface area (Å²) in [5, 5.41) is 9.53. The highest BCUT2D eigenvalue weighted by Gasteiger charge is 2.28. The molecule has 0 radical (unpaired) electrons. The molecule has 5 heteroatoms. The normalized spacial score (nSPS) is 19.6. The first-order chi connectivity index (χ1) is 9.65. The van der Waals surface area contributed by atoms with Gasteiger partial charge in [0, 0.05) is 24.7 Å². The van der Waals surface area contributed by atoms with Crippen LogP contribution in [0.4, 0.5) is 4.39 Å². The first kappa shape index (κ1) is 13.0. The smallest absolute Gasteiger partial charge is 0.307 e. The maximum atomic E-state index is 13.7. The van der Waals surface area contributed by atoms with Gasteiger partial charge in [-0.15, -0.1) is 0 Å². The number of aromatic nitrogens is 1. The van der Waals surface area contributed by atoms with Gasteiger partial charge in [0.25, 0.3) is 0 Å². The van der Waals surface area contributed by atoms with E-state index in [2.05, 4.69) is 9.88 Å². The maximum Gasteiger partial charge on any atom is 0.307 e. The highest BCUT2D eigenvalue weighted by atomic mass is 19.1. The molecule has 0 saturated carbocycles. The van der Waals surface area contributed by atoms with E-state index in [0.717, 1.165) is 12.1 Å². The molecule has 4 nitrogen and oxygen atoms in total. The zero-order valence-electron chi connectivity index (χ0n) is 10.9. The summed E-state index contributed by atoms with van der Waals surface area (Å²) in [6.07, 6.45) is 2.32. The Hall–Kier alpha value is -2.01. The molecule has 1 aliphatic heterocycles. The van der Waals surface area contributed by atoms with Crippen LogP contribution in [0.1, 0.15) is 12.0 Å². The van der Waals surface area contributed by atoms with Crippen molar-refractivity contribution in [3.05, 3.63) is 41.8 Å². The minimum atomic E-state index is -0.741. The maximum absolute atomic E-state index is 13.7. The highest BCUT2D eigenvalue weighted by molar-refractivity contribution is 5.82. The Balaban J connectivity index is 1.85. The van der Waals surface area contributed by atoms with Gasteiger partial charge in [-0.05, 0) is 36.7 Å². The van der Waals surface area contributed by atoms with Crippen LogP contribution in [0.2, 0.25) is 0 Å². The van der Waals surface area contributed by atoms with E-state index in [4.69, 9.17) is 5.11 Å². The SMILES string of the molecule is O=C(O)C1CCN(Cc2ccc(F)c3cccnc23)C1. The van der Waals surface area contributed by atoms with Crippen molar-refractivity contribution >= 4 is 16.9 Å². The van der Waals surface area contributed by atoms with Crippen molar-refractivity contribution in [2.45, 2.75) is 13.0 Å². The average Bonchev–Trinajstić information content (AvgIpc) is 2.91. The van der Waals surface area contributed by atoms with Crippen molar-refractivity contribution in [3.8, 4) is 0 Å². The van der Waals surface area contributed by atoms with E-state index in [1.54, 1.807) is 24.4 Å². The minimum absolute atomic E-state index is 0.276. The fourth-order valence-electron chi connectivity index (χ4n) is 2.74. The van der Waals surface area contributed by atoms with E-state index in [1.807, 2.05) is 0 Å². The number of pyridine rings is 1. The summed E-state index contributed by atoms with van der Waals surface area (Å²) in [7, 11) is 0. The number of carbonyl (C=O) groups is 1. The minimum Gasteiger partial charge on any atom is -0.481 e. The quantitative estimate of drug-likeness (QED) is 0.933. The Morgan fingerprint density at radius 3 is 3.05 bits per heavy atom. The lowest BCUT2D eigenvalue weighted by Gasteiger charge is -2.16. The van der Waals surface area contributed by atoms with Crippen LogP contribution in [0, 0.1) is 11.7 Å². The Morgan fingerprint density at radius 2 is 2.30 bits per heavy atom. The summed E-state index contributed by atoms with van der Waals surface area (Å²) >= 11 is 0. The van der Waals surface area contributed by atoms with E-state index in [9.17, 15) is 9.18 Å². The summed E-state index contributed by atoms with van der Waals surface area (Å²) in [4.78, 5) is 17.3.